The first-order chi connectivity index (χ1) is 13.0. The summed E-state index contributed by atoms with van der Waals surface area (Å²) in [5, 5.41) is 2.83. The van der Waals surface area contributed by atoms with Gasteiger partial charge in [0.15, 0.2) is 11.5 Å². The summed E-state index contributed by atoms with van der Waals surface area (Å²) in [7, 11) is 0. The summed E-state index contributed by atoms with van der Waals surface area (Å²) in [4.78, 5) is 27.9. The highest BCUT2D eigenvalue weighted by Crippen LogP contribution is 2.35. The second kappa shape index (κ2) is 6.61. The fourth-order valence-electron chi connectivity index (χ4n) is 3.44. The molecule has 2 aromatic carbocycles. The van der Waals surface area contributed by atoms with Crippen LogP contribution in [0.25, 0.3) is 0 Å². The van der Waals surface area contributed by atoms with Crippen LogP contribution in [0.3, 0.4) is 0 Å². The average Bonchev–Trinajstić information content (AvgIpc) is 3.14. The summed E-state index contributed by atoms with van der Waals surface area (Å²) >= 11 is 0. The topological polar surface area (TPSA) is 67.9 Å². The largest absolute Gasteiger partial charge is 0.454 e. The van der Waals surface area contributed by atoms with Gasteiger partial charge in [0.1, 0.15) is 5.41 Å². The van der Waals surface area contributed by atoms with Crippen LogP contribution < -0.4 is 19.7 Å². The molecule has 0 saturated heterocycles. The highest BCUT2D eigenvalue weighted by atomic mass is 16.7. The van der Waals surface area contributed by atoms with Gasteiger partial charge in [-0.05, 0) is 50.5 Å². The van der Waals surface area contributed by atoms with E-state index in [1.54, 1.807) is 36.9 Å². The second-order valence-corrected chi connectivity index (χ2v) is 7.34. The number of benzene rings is 2. The van der Waals surface area contributed by atoms with Crippen molar-refractivity contribution < 1.29 is 19.1 Å². The third-order valence-corrected chi connectivity index (χ3v) is 5.09. The van der Waals surface area contributed by atoms with Gasteiger partial charge < -0.3 is 19.7 Å². The Morgan fingerprint density at radius 3 is 2.70 bits per heavy atom. The molecule has 2 heterocycles. The molecule has 27 heavy (non-hydrogen) atoms. The van der Waals surface area contributed by atoms with Gasteiger partial charge in [0.05, 0.1) is 0 Å². The maximum atomic E-state index is 13.2. The lowest BCUT2D eigenvalue weighted by Crippen LogP contribution is -2.49. The van der Waals surface area contributed by atoms with E-state index in [-0.39, 0.29) is 18.6 Å². The molecule has 2 aliphatic heterocycles. The van der Waals surface area contributed by atoms with Crippen LogP contribution in [0.5, 0.6) is 11.5 Å². The van der Waals surface area contributed by atoms with Crippen LogP contribution in [0.15, 0.2) is 42.5 Å². The number of fused-ring (bicyclic) bond motifs is 2. The number of hydrogen-bond acceptors (Lipinski definition) is 4. The minimum Gasteiger partial charge on any atom is -0.454 e. The molecule has 0 aliphatic carbocycles. The summed E-state index contributed by atoms with van der Waals surface area (Å²) in [5.74, 6) is 0.678. The minimum absolute atomic E-state index is 0.172. The van der Waals surface area contributed by atoms with Gasteiger partial charge in [0.2, 0.25) is 18.6 Å². The Kier molecular flexibility index (Phi) is 4.26. The summed E-state index contributed by atoms with van der Waals surface area (Å²) in [6.45, 7) is 4.12. The molecule has 6 nitrogen and oxygen atoms in total. The summed E-state index contributed by atoms with van der Waals surface area (Å²) < 4.78 is 10.6. The van der Waals surface area contributed by atoms with Gasteiger partial charge in [-0.1, -0.05) is 18.2 Å². The van der Waals surface area contributed by atoms with E-state index >= 15 is 0 Å². The highest BCUT2D eigenvalue weighted by molar-refractivity contribution is 6.15. The molecule has 0 aromatic heterocycles. The number of anilines is 2. The van der Waals surface area contributed by atoms with Crippen molar-refractivity contribution in [3.63, 3.8) is 0 Å². The maximum Gasteiger partial charge on any atom is 0.242 e. The van der Waals surface area contributed by atoms with Gasteiger partial charge in [-0.3, -0.25) is 9.59 Å². The number of nitrogens with one attached hydrogen (secondary N) is 1. The Bertz CT molecular complexity index is 907. The van der Waals surface area contributed by atoms with Crippen molar-refractivity contribution in [2.75, 3.05) is 23.6 Å². The van der Waals surface area contributed by atoms with Crippen LogP contribution in [0.4, 0.5) is 11.4 Å². The Labute approximate surface area is 158 Å². The third kappa shape index (κ3) is 3.12. The molecule has 0 atom stereocenters. The monoisotopic (exact) mass is 366 g/mol. The van der Waals surface area contributed by atoms with Crippen LogP contribution in [0.1, 0.15) is 25.8 Å². The fraction of sp³-hybridized carbons (Fsp3) is 0.333. The number of nitrogens with zero attached hydrogens (tertiary/aromatic N) is 1. The normalized spacial score (nSPS) is 15.3. The van der Waals surface area contributed by atoms with Crippen molar-refractivity contribution >= 4 is 23.2 Å². The number of carbonyl (C=O) groups excluding carboxylic acids is 2. The first-order valence-corrected chi connectivity index (χ1v) is 9.08. The quantitative estimate of drug-likeness (QED) is 0.846. The molecule has 0 fully saturated rings. The standard InChI is InChI=1S/C21H22N2O4/c1-21(2,19(24)22-15-9-10-17-18(12-15)27-13-26-17)20(25)23-11-5-7-14-6-3-4-8-16(14)23/h3-4,6,8-10,12H,5,7,11,13H2,1-2H3,(H,22,24). The van der Waals surface area contributed by atoms with Crippen molar-refractivity contribution in [3.8, 4) is 11.5 Å². The molecule has 2 amide bonds. The molecule has 2 aliphatic rings. The molecule has 0 spiro atoms. The van der Waals surface area contributed by atoms with E-state index in [1.165, 1.54) is 0 Å². The average molecular weight is 366 g/mol. The number of carbonyl (C=O) groups is 2. The van der Waals surface area contributed by atoms with Crippen molar-refractivity contribution in [1.82, 2.24) is 0 Å². The van der Waals surface area contributed by atoms with E-state index in [0.29, 0.717) is 23.7 Å². The van der Waals surface area contributed by atoms with Crippen molar-refractivity contribution in [2.45, 2.75) is 26.7 Å². The lowest BCUT2D eigenvalue weighted by molar-refractivity contribution is -0.136. The molecule has 0 saturated carbocycles. The lowest BCUT2D eigenvalue weighted by Gasteiger charge is -2.35. The van der Waals surface area contributed by atoms with Gasteiger partial charge in [0, 0.05) is 24.0 Å². The number of rotatable bonds is 3. The molecule has 0 bridgehead atoms. The molecule has 0 unspecified atom stereocenters. The van der Waals surface area contributed by atoms with Crippen molar-refractivity contribution in [2.24, 2.45) is 5.41 Å². The fourth-order valence-corrected chi connectivity index (χ4v) is 3.44. The molecular weight excluding hydrogens is 344 g/mol. The summed E-state index contributed by atoms with van der Waals surface area (Å²) in [6, 6.07) is 13.1. The number of aryl methyl sites for hydroxylation is 1. The zero-order valence-electron chi connectivity index (χ0n) is 15.5. The number of ether oxygens (including phenoxy) is 2. The van der Waals surface area contributed by atoms with E-state index in [2.05, 4.69) is 5.32 Å². The van der Waals surface area contributed by atoms with E-state index in [0.717, 1.165) is 24.1 Å². The van der Waals surface area contributed by atoms with Gasteiger partial charge in [-0.25, -0.2) is 0 Å². The predicted octanol–water partition coefficient (Wildman–Crippen LogP) is 3.36. The summed E-state index contributed by atoms with van der Waals surface area (Å²) in [5.41, 5.74) is 1.41. The molecule has 1 N–H and O–H groups in total. The van der Waals surface area contributed by atoms with Crippen LogP contribution in [-0.4, -0.2) is 25.2 Å². The number of amides is 2. The second-order valence-electron chi connectivity index (χ2n) is 7.34. The van der Waals surface area contributed by atoms with Gasteiger partial charge in [-0.15, -0.1) is 0 Å². The SMILES string of the molecule is CC(C)(C(=O)Nc1ccc2c(c1)OCO2)C(=O)N1CCCc2ccccc21. The van der Waals surface area contributed by atoms with Crippen LogP contribution in [0.2, 0.25) is 0 Å². The van der Waals surface area contributed by atoms with Crippen LogP contribution >= 0.6 is 0 Å². The number of para-hydroxylation sites is 1. The van der Waals surface area contributed by atoms with Crippen molar-refractivity contribution in [1.29, 1.82) is 0 Å². The zero-order chi connectivity index (χ0) is 19.0. The maximum absolute atomic E-state index is 13.2. The van der Waals surface area contributed by atoms with Gasteiger partial charge in [-0.2, -0.15) is 0 Å². The summed E-state index contributed by atoms with van der Waals surface area (Å²) in [6.07, 6.45) is 1.84. The Balaban J connectivity index is 1.54. The van der Waals surface area contributed by atoms with Gasteiger partial charge in [0.25, 0.3) is 0 Å². The molecule has 4 rings (SSSR count). The van der Waals surface area contributed by atoms with E-state index in [4.69, 9.17) is 9.47 Å². The third-order valence-electron chi connectivity index (χ3n) is 5.09. The van der Waals surface area contributed by atoms with Crippen LogP contribution in [-0.2, 0) is 16.0 Å². The van der Waals surface area contributed by atoms with Crippen molar-refractivity contribution in [3.05, 3.63) is 48.0 Å². The molecule has 140 valence electrons. The number of hydrogen-bond donors (Lipinski definition) is 1. The minimum atomic E-state index is -1.21. The first kappa shape index (κ1) is 17.4. The van der Waals surface area contributed by atoms with E-state index < -0.39 is 5.41 Å². The zero-order valence-corrected chi connectivity index (χ0v) is 15.5. The molecular formula is C21H22N2O4. The predicted molar refractivity (Wildman–Crippen MR) is 102 cm³/mol. The van der Waals surface area contributed by atoms with Gasteiger partial charge >= 0.3 is 0 Å². The highest BCUT2D eigenvalue weighted by Gasteiger charge is 2.40. The Morgan fingerprint density at radius 2 is 1.85 bits per heavy atom. The first-order valence-electron chi connectivity index (χ1n) is 9.08. The van der Waals surface area contributed by atoms with Crippen LogP contribution in [0, 0.1) is 5.41 Å². The lowest BCUT2D eigenvalue weighted by atomic mass is 9.88. The molecule has 2 aromatic rings. The van der Waals surface area contributed by atoms with E-state index in [9.17, 15) is 9.59 Å². The Morgan fingerprint density at radius 1 is 1.07 bits per heavy atom. The van der Waals surface area contributed by atoms with E-state index in [1.807, 2.05) is 24.3 Å². The molecule has 0 radical (unpaired) electrons. The smallest absolute Gasteiger partial charge is 0.242 e. The molecule has 6 heteroatoms. The Hall–Kier alpha value is -3.02.